The maximum Gasteiger partial charge on any atom is 0.237 e. The van der Waals surface area contributed by atoms with E-state index in [2.05, 4.69) is 31.0 Å². The molecule has 1 N–H and O–H groups in total. The van der Waals surface area contributed by atoms with E-state index in [1.807, 2.05) is 0 Å². The first-order valence-electron chi connectivity index (χ1n) is 7.60. The van der Waals surface area contributed by atoms with Crippen molar-refractivity contribution in [3.8, 4) is 0 Å². The van der Waals surface area contributed by atoms with E-state index < -0.39 is 0 Å². The summed E-state index contributed by atoms with van der Waals surface area (Å²) in [6.45, 7) is 8.33. The molecule has 0 aromatic rings. The maximum absolute atomic E-state index is 12.0. The van der Waals surface area contributed by atoms with Gasteiger partial charge in [0.15, 0.2) is 0 Å². The van der Waals surface area contributed by atoms with Gasteiger partial charge in [0.05, 0.1) is 12.7 Å². The molecule has 2 aliphatic rings. The van der Waals surface area contributed by atoms with Crippen molar-refractivity contribution in [2.75, 3.05) is 13.1 Å². The Morgan fingerprint density at radius 2 is 2.06 bits per heavy atom. The van der Waals surface area contributed by atoms with Gasteiger partial charge in [0.2, 0.25) is 5.91 Å². The van der Waals surface area contributed by atoms with Gasteiger partial charge in [0, 0.05) is 6.54 Å². The van der Waals surface area contributed by atoms with Crippen molar-refractivity contribution < 1.29 is 4.79 Å². The van der Waals surface area contributed by atoms with Gasteiger partial charge < -0.3 is 4.90 Å². The standard InChI is InChI=1S/C15H28N2O/c1-11(2)8-14-16-9-15(18)17(14)10-13-7-5-4-6-12(13)3/h11-14,16H,4-10H2,1-3H3. The Labute approximate surface area is 111 Å². The second kappa shape index (κ2) is 6.05. The smallest absolute Gasteiger partial charge is 0.237 e. The Kier molecular flexibility index (Phi) is 4.66. The fraction of sp³-hybridized carbons (Fsp3) is 0.933. The molecule has 1 aliphatic heterocycles. The summed E-state index contributed by atoms with van der Waals surface area (Å²) in [4.78, 5) is 14.1. The van der Waals surface area contributed by atoms with Crippen LogP contribution in [0.25, 0.3) is 0 Å². The summed E-state index contributed by atoms with van der Waals surface area (Å²) in [6, 6.07) is 0. The van der Waals surface area contributed by atoms with Gasteiger partial charge in [-0.1, -0.05) is 40.0 Å². The third kappa shape index (κ3) is 3.25. The SMILES string of the molecule is CC(C)CC1NCC(=O)N1CC1CCCCC1C. The van der Waals surface area contributed by atoms with Gasteiger partial charge in [-0.25, -0.2) is 0 Å². The van der Waals surface area contributed by atoms with Crippen molar-refractivity contribution in [2.45, 2.75) is 59.0 Å². The van der Waals surface area contributed by atoms with E-state index in [4.69, 9.17) is 0 Å². The molecule has 1 saturated carbocycles. The van der Waals surface area contributed by atoms with Crippen molar-refractivity contribution in [1.29, 1.82) is 0 Å². The number of nitrogens with one attached hydrogen (secondary N) is 1. The first kappa shape index (κ1) is 13.9. The molecule has 0 radical (unpaired) electrons. The van der Waals surface area contributed by atoms with Crippen LogP contribution in [-0.2, 0) is 4.79 Å². The molecule has 1 amide bonds. The molecule has 3 atom stereocenters. The Morgan fingerprint density at radius 1 is 1.33 bits per heavy atom. The largest absolute Gasteiger partial charge is 0.326 e. The molecule has 1 heterocycles. The van der Waals surface area contributed by atoms with Crippen LogP contribution in [-0.4, -0.2) is 30.1 Å². The van der Waals surface area contributed by atoms with Crippen LogP contribution in [0.3, 0.4) is 0 Å². The van der Waals surface area contributed by atoms with Crippen LogP contribution in [0.4, 0.5) is 0 Å². The van der Waals surface area contributed by atoms with E-state index >= 15 is 0 Å². The summed E-state index contributed by atoms with van der Waals surface area (Å²) in [7, 11) is 0. The highest BCUT2D eigenvalue weighted by atomic mass is 16.2. The van der Waals surface area contributed by atoms with Gasteiger partial charge >= 0.3 is 0 Å². The third-order valence-electron chi connectivity index (χ3n) is 4.60. The number of nitrogens with zero attached hydrogens (tertiary/aromatic N) is 1. The quantitative estimate of drug-likeness (QED) is 0.834. The second-order valence-corrected chi connectivity index (χ2v) is 6.59. The van der Waals surface area contributed by atoms with E-state index in [1.165, 1.54) is 25.7 Å². The number of carbonyl (C=O) groups excluding carboxylic acids is 1. The van der Waals surface area contributed by atoms with Crippen molar-refractivity contribution >= 4 is 5.91 Å². The predicted octanol–water partition coefficient (Wildman–Crippen LogP) is 2.62. The van der Waals surface area contributed by atoms with Crippen LogP contribution in [0.1, 0.15) is 52.9 Å². The lowest BCUT2D eigenvalue weighted by Crippen LogP contribution is -2.42. The van der Waals surface area contributed by atoms with Crippen LogP contribution >= 0.6 is 0 Å². The lowest BCUT2D eigenvalue weighted by molar-refractivity contribution is -0.129. The maximum atomic E-state index is 12.0. The number of hydrogen-bond donors (Lipinski definition) is 1. The molecular weight excluding hydrogens is 224 g/mol. The summed E-state index contributed by atoms with van der Waals surface area (Å²) in [5.74, 6) is 2.45. The lowest BCUT2D eigenvalue weighted by atomic mass is 9.80. The van der Waals surface area contributed by atoms with Crippen LogP contribution in [0.15, 0.2) is 0 Å². The zero-order valence-electron chi connectivity index (χ0n) is 12.1. The average Bonchev–Trinajstić information content (AvgIpc) is 2.64. The molecule has 0 bridgehead atoms. The lowest BCUT2D eigenvalue weighted by Gasteiger charge is -2.35. The van der Waals surface area contributed by atoms with Crippen molar-refractivity contribution in [2.24, 2.45) is 17.8 Å². The van der Waals surface area contributed by atoms with E-state index in [0.717, 1.165) is 24.8 Å². The molecule has 3 heteroatoms. The van der Waals surface area contributed by atoms with Crippen molar-refractivity contribution in [1.82, 2.24) is 10.2 Å². The summed E-state index contributed by atoms with van der Waals surface area (Å²) in [5, 5.41) is 3.37. The minimum atomic E-state index is 0.284. The van der Waals surface area contributed by atoms with Crippen LogP contribution in [0, 0.1) is 17.8 Å². The first-order chi connectivity index (χ1) is 8.58. The number of hydrogen-bond acceptors (Lipinski definition) is 2. The Bertz CT molecular complexity index is 290. The molecule has 1 saturated heterocycles. The van der Waals surface area contributed by atoms with Crippen LogP contribution in [0.2, 0.25) is 0 Å². The highest BCUT2D eigenvalue weighted by Gasteiger charge is 2.34. The molecular formula is C15H28N2O. The average molecular weight is 252 g/mol. The van der Waals surface area contributed by atoms with Gasteiger partial charge in [-0.05, 0) is 30.6 Å². The molecule has 0 aromatic heterocycles. The van der Waals surface area contributed by atoms with Gasteiger partial charge in [-0.15, -0.1) is 0 Å². The molecule has 2 fully saturated rings. The van der Waals surface area contributed by atoms with E-state index in [1.54, 1.807) is 0 Å². The van der Waals surface area contributed by atoms with Crippen LogP contribution < -0.4 is 5.32 Å². The predicted molar refractivity (Wildman–Crippen MR) is 74.1 cm³/mol. The summed E-state index contributed by atoms with van der Waals surface area (Å²) in [6.07, 6.45) is 6.73. The molecule has 0 spiro atoms. The Morgan fingerprint density at radius 3 is 2.72 bits per heavy atom. The van der Waals surface area contributed by atoms with Crippen molar-refractivity contribution in [3.63, 3.8) is 0 Å². The number of carbonyl (C=O) groups is 1. The third-order valence-corrected chi connectivity index (χ3v) is 4.60. The fourth-order valence-corrected chi connectivity index (χ4v) is 3.39. The Hall–Kier alpha value is -0.570. The van der Waals surface area contributed by atoms with E-state index in [9.17, 15) is 4.79 Å². The van der Waals surface area contributed by atoms with Crippen LogP contribution in [0.5, 0.6) is 0 Å². The zero-order chi connectivity index (χ0) is 13.1. The molecule has 104 valence electrons. The Balaban J connectivity index is 1.94. The summed E-state index contributed by atoms with van der Waals surface area (Å²) < 4.78 is 0. The molecule has 1 aliphatic carbocycles. The number of amides is 1. The van der Waals surface area contributed by atoms with E-state index in [-0.39, 0.29) is 6.17 Å². The van der Waals surface area contributed by atoms with Gasteiger partial charge in [-0.3, -0.25) is 10.1 Å². The summed E-state index contributed by atoms with van der Waals surface area (Å²) in [5.41, 5.74) is 0. The molecule has 0 aromatic carbocycles. The molecule has 18 heavy (non-hydrogen) atoms. The topological polar surface area (TPSA) is 32.3 Å². The van der Waals surface area contributed by atoms with Gasteiger partial charge in [0.1, 0.15) is 0 Å². The molecule has 3 nitrogen and oxygen atoms in total. The first-order valence-corrected chi connectivity index (χ1v) is 7.60. The fourth-order valence-electron chi connectivity index (χ4n) is 3.39. The highest BCUT2D eigenvalue weighted by Crippen LogP contribution is 2.31. The number of rotatable bonds is 4. The summed E-state index contributed by atoms with van der Waals surface area (Å²) >= 11 is 0. The van der Waals surface area contributed by atoms with E-state index in [0.29, 0.717) is 18.4 Å². The van der Waals surface area contributed by atoms with Gasteiger partial charge in [-0.2, -0.15) is 0 Å². The molecule has 2 rings (SSSR count). The minimum Gasteiger partial charge on any atom is -0.326 e. The minimum absolute atomic E-state index is 0.284. The highest BCUT2D eigenvalue weighted by molar-refractivity contribution is 5.80. The monoisotopic (exact) mass is 252 g/mol. The normalized spacial score (nSPS) is 33.4. The van der Waals surface area contributed by atoms with Gasteiger partial charge in [0.25, 0.3) is 0 Å². The second-order valence-electron chi connectivity index (χ2n) is 6.59. The molecule has 3 unspecified atom stereocenters. The zero-order valence-corrected chi connectivity index (χ0v) is 12.1. The van der Waals surface area contributed by atoms with Crippen molar-refractivity contribution in [3.05, 3.63) is 0 Å².